The van der Waals surface area contributed by atoms with E-state index >= 15 is 0 Å². The van der Waals surface area contributed by atoms with Gasteiger partial charge in [0.2, 0.25) is 5.95 Å². The normalized spacial score (nSPS) is 14.0. The van der Waals surface area contributed by atoms with Crippen molar-refractivity contribution in [1.82, 2.24) is 20.3 Å². The van der Waals surface area contributed by atoms with E-state index in [0.717, 1.165) is 64.2 Å². The van der Waals surface area contributed by atoms with E-state index in [-0.39, 0.29) is 5.95 Å². The average Bonchev–Trinajstić information content (AvgIpc) is 2.79. The number of nitrogen functional groups attached to an aromatic ring is 1. The third-order valence-electron chi connectivity index (χ3n) is 5.32. The topological polar surface area (TPSA) is 92.0 Å². The van der Waals surface area contributed by atoms with Crippen molar-refractivity contribution < 1.29 is 0 Å². The summed E-state index contributed by atoms with van der Waals surface area (Å²) in [6.45, 7) is 3.88. The van der Waals surface area contributed by atoms with E-state index in [0.29, 0.717) is 5.82 Å². The molecule has 2 aromatic heterocycles. The predicted octanol–water partition coefficient (Wildman–Crippen LogP) is 4.19. The number of nitrogens with zero attached hydrogens (tertiary/aromatic N) is 4. The maximum absolute atomic E-state index is 5.97. The molecule has 3 heterocycles. The molecule has 0 aliphatic carbocycles. The number of piperazine rings is 1. The van der Waals surface area contributed by atoms with Crippen molar-refractivity contribution in [3.63, 3.8) is 0 Å². The van der Waals surface area contributed by atoms with Gasteiger partial charge in [-0.3, -0.25) is 0 Å². The van der Waals surface area contributed by atoms with Crippen LogP contribution in [0.25, 0.3) is 22.0 Å². The predicted molar refractivity (Wildman–Crippen MR) is 130 cm³/mol. The Hall–Kier alpha value is -3.23. The summed E-state index contributed by atoms with van der Waals surface area (Å²) < 4.78 is 0.988. The van der Waals surface area contributed by atoms with Gasteiger partial charge in [0, 0.05) is 47.9 Å². The molecule has 1 aliphatic rings. The van der Waals surface area contributed by atoms with Crippen LogP contribution >= 0.6 is 15.9 Å². The molecule has 0 unspecified atom stereocenters. The van der Waals surface area contributed by atoms with Crippen LogP contribution in [0.5, 0.6) is 0 Å². The first kappa shape index (κ1) is 19.7. The zero-order chi connectivity index (χ0) is 21.2. The monoisotopic (exact) mass is 475 g/mol. The first-order valence-corrected chi connectivity index (χ1v) is 11.0. The van der Waals surface area contributed by atoms with Gasteiger partial charge in [0.1, 0.15) is 11.6 Å². The summed E-state index contributed by atoms with van der Waals surface area (Å²) in [4.78, 5) is 15.8. The number of benzene rings is 2. The van der Waals surface area contributed by atoms with E-state index in [9.17, 15) is 0 Å². The molecule has 0 bridgehead atoms. The average molecular weight is 476 g/mol. The number of fused-ring (bicyclic) bond motifs is 1. The van der Waals surface area contributed by atoms with Crippen molar-refractivity contribution >= 4 is 50.1 Å². The van der Waals surface area contributed by atoms with Crippen LogP contribution in [0, 0.1) is 0 Å². The molecule has 7 nitrogen and oxygen atoms in total. The molecule has 0 saturated carbocycles. The van der Waals surface area contributed by atoms with Gasteiger partial charge < -0.3 is 21.3 Å². The van der Waals surface area contributed by atoms with Gasteiger partial charge in [0.15, 0.2) is 0 Å². The Kier molecular flexibility index (Phi) is 5.40. The van der Waals surface area contributed by atoms with Crippen molar-refractivity contribution in [2.45, 2.75) is 0 Å². The molecular formula is C23H22BrN7. The van der Waals surface area contributed by atoms with Gasteiger partial charge in [-0.25, -0.2) is 9.97 Å². The lowest BCUT2D eigenvalue weighted by atomic mass is 10.0. The molecule has 0 spiro atoms. The first-order valence-electron chi connectivity index (χ1n) is 10.2. The second-order valence-electron chi connectivity index (χ2n) is 7.44. The molecule has 1 aliphatic heterocycles. The highest BCUT2D eigenvalue weighted by molar-refractivity contribution is 9.10. The summed E-state index contributed by atoms with van der Waals surface area (Å²) >= 11 is 3.51. The van der Waals surface area contributed by atoms with E-state index in [1.807, 2.05) is 42.6 Å². The summed E-state index contributed by atoms with van der Waals surface area (Å²) in [5.41, 5.74) is 9.87. The van der Waals surface area contributed by atoms with Gasteiger partial charge in [0.05, 0.1) is 5.52 Å². The third kappa shape index (κ3) is 4.30. The van der Waals surface area contributed by atoms with Gasteiger partial charge in [-0.2, -0.15) is 4.98 Å². The Labute approximate surface area is 188 Å². The van der Waals surface area contributed by atoms with Crippen LogP contribution in [-0.4, -0.2) is 41.1 Å². The maximum Gasteiger partial charge on any atom is 0.222 e. The van der Waals surface area contributed by atoms with Gasteiger partial charge in [-0.1, -0.05) is 28.1 Å². The SMILES string of the molecule is Nc1nc(Nc2cccc(Br)c2)c2cc(-c3ccnc(N4CCNCC4)c3)ccc2n1. The smallest absolute Gasteiger partial charge is 0.222 e. The van der Waals surface area contributed by atoms with Gasteiger partial charge >= 0.3 is 0 Å². The Morgan fingerprint density at radius 1 is 0.968 bits per heavy atom. The fraction of sp³-hybridized carbons (Fsp3) is 0.174. The van der Waals surface area contributed by atoms with E-state index in [1.54, 1.807) is 0 Å². The lowest BCUT2D eigenvalue weighted by Crippen LogP contribution is -2.43. The number of nitrogens with two attached hydrogens (primary N) is 1. The van der Waals surface area contributed by atoms with E-state index in [4.69, 9.17) is 5.73 Å². The molecule has 2 aromatic carbocycles. The van der Waals surface area contributed by atoms with Crippen LogP contribution in [0.2, 0.25) is 0 Å². The Morgan fingerprint density at radius 3 is 2.65 bits per heavy atom. The minimum absolute atomic E-state index is 0.239. The minimum atomic E-state index is 0.239. The standard InChI is InChI=1S/C23H22BrN7/c24-17-2-1-3-18(14-17)28-22-19-12-15(4-5-20(19)29-23(25)30-22)16-6-7-27-21(13-16)31-10-8-26-9-11-31/h1-7,12-14,26H,8-11H2,(H3,25,28,29,30). The minimum Gasteiger partial charge on any atom is -0.368 e. The molecule has 0 atom stereocenters. The molecular weight excluding hydrogens is 454 g/mol. The quantitative estimate of drug-likeness (QED) is 0.407. The van der Waals surface area contributed by atoms with Crippen LogP contribution < -0.4 is 21.3 Å². The molecule has 5 rings (SSSR count). The van der Waals surface area contributed by atoms with Crippen LogP contribution in [-0.2, 0) is 0 Å². The Bertz CT molecular complexity index is 1240. The lowest BCUT2D eigenvalue weighted by Gasteiger charge is -2.28. The molecule has 31 heavy (non-hydrogen) atoms. The van der Waals surface area contributed by atoms with Crippen molar-refractivity contribution in [3.8, 4) is 11.1 Å². The molecule has 8 heteroatoms. The number of nitrogens with one attached hydrogen (secondary N) is 2. The summed E-state index contributed by atoms with van der Waals surface area (Å²) in [7, 11) is 0. The highest BCUT2D eigenvalue weighted by Crippen LogP contribution is 2.31. The van der Waals surface area contributed by atoms with E-state index in [1.165, 1.54) is 0 Å². The summed E-state index contributed by atoms with van der Waals surface area (Å²) in [6, 6.07) is 18.3. The molecule has 0 radical (unpaired) electrons. The van der Waals surface area contributed by atoms with Crippen molar-refractivity contribution in [3.05, 3.63) is 65.3 Å². The Balaban J connectivity index is 1.54. The molecule has 1 saturated heterocycles. The number of hydrogen-bond donors (Lipinski definition) is 3. The summed E-state index contributed by atoms with van der Waals surface area (Å²) in [5.74, 6) is 1.92. The van der Waals surface area contributed by atoms with Gasteiger partial charge in [0.25, 0.3) is 0 Å². The number of aromatic nitrogens is 3. The zero-order valence-electron chi connectivity index (χ0n) is 16.8. The number of anilines is 4. The zero-order valence-corrected chi connectivity index (χ0v) is 18.4. The van der Waals surface area contributed by atoms with Gasteiger partial charge in [-0.15, -0.1) is 0 Å². The van der Waals surface area contributed by atoms with Crippen molar-refractivity contribution in [2.24, 2.45) is 0 Å². The second-order valence-corrected chi connectivity index (χ2v) is 8.35. The van der Waals surface area contributed by atoms with E-state index in [2.05, 4.69) is 64.6 Å². The van der Waals surface area contributed by atoms with Gasteiger partial charge in [-0.05, 0) is 53.6 Å². The second kappa shape index (κ2) is 8.49. The van der Waals surface area contributed by atoms with Crippen molar-refractivity contribution in [1.29, 1.82) is 0 Å². The lowest BCUT2D eigenvalue weighted by molar-refractivity contribution is 0.585. The van der Waals surface area contributed by atoms with Crippen LogP contribution in [0.3, 0.4) is 0 Å². The number of halogens is 1. The number of pyridine rings is 1. The molecule has 4 N–H and O–H groups in total. The molecule has 4 aromatic rings. The molecule has 0 amide bonds. The number of hydrogen-bond acceptors (Lipinski definition) is 7. The first-order chi connectivity index (χ1) is 15.2. The Morgan fingerprint density at radius 2 is 1.81 bits per heavy atom. The highest BCUT2D eigenvalue weighted by atomic mass is 79.9. The highest BCUT2D eigenvalue weighted by Gasteiger charge is 2.13. The summed E-state index contributed by atoms with van der Waals surface area (Å²) in [6.07, 6.45) is 1.87. The maximum atomic E-state index is 5.97. The third-order valence-corrected chi connectivity index (χ3v) is 5.81. The van der Waals surface area contributed by atoms with Crippen LogP contribution in [0.15, 0.2) is 65.3 Å². The number of rotatable bonds is 4. The van der Waals surface area contributed by atoms with Crippen molar-refractivity contribution in [2.75, 3.05) is 42.1 Å². The largest absolute Gasteiger partial charge is 0.368 e. The molecule has 1 fully saturated rings. The van der Waals surface area contributed by atoms with Crippen LogP contribution in [0.4, 0.5) is 23.3 Å². The van der Waals surface area contributed by atoms with Crippen LogP contribution in [0.1, 0.15) is 0 Å². The fourth-order valence-electron chi connectivity index (χ4n) is 3.79. The summed E-state index contributed by atoms with van der Waals surface area (Å²) in [5, 5.41) is 7.67. The fourth-order valence-corrected chi connectivity index (χ4v) is 4.19. The molecule has 156 valence electrons. The van der Waals surface area contributed by atoms with E-state index < -0.39 is 0 Å².